The molecule has 0 radical (unpaired) electrons. The standard InChI is InChI=1S/C15H24N2S2.Na.H/c18-15(19)17-2-1-16-8-13(17)14-11-4-9-3-10(6-11)7-12(14)5-9;;/h9-14,16H,1-8H2,(H,18,19);;. The van der Waals surface area contributed by atoms with Gasteiger partial charge in [0, 0.05) is 25.7 Å². The number of hydrogen-bond donors (Lipinski definition) is 2. The van der Waals surface area contributed by atoms with Crippen LogP contribution in [0.25, 0.3) is 0 Å². The van der Waals surface area contributed by atoms with Gasteiger partial charge >= 0.3 is 29.6 Å². The molecule has 1 saturated heterocycles. The van der Waals surface area contributed by atoms with Crippen molar-refractivity contribution in [2.45, 2.75) is 38.1 Å². The molecule has 4 bridgehead atoms. The van der Waals surface area contributed by atoms with E-state index in [0.717, 1.165) is 53.5 Å². The first kappa shape index (κ1) is 16.1. The Morgan fingerprint density at radius 2 is 1.65 bits per heavy atom. The Hall–Kier alpha value is 1.20. The summed E-state index contributed by atoms with van der Waals surface area (Å²) >= 11 is 9.87. The molecule has 2 nitrogen and oxygen atoms in total. The van der Waals surface area contributed by atoms with Gasteiger partial charge in [-0.25, -0.2) is 0 Å². The number of thiocarbonyl (C=S) groups is 1. The number of thiol groups is 1. The van der Waals surface area contributed by atoms with Crippen LogP contribution in [0.3, 0.4) is 0 Å². The average molecular weight is 321 g/mol. The van der Waals surface area contributed by atoms with Gasteiger partial charge in [-0.15, -0.1) is 12.6 Å². The van der Waals surface area contributed by atoms with E-state index >= 15 is 0 Å². The summed E-state index contributed by atoms with van der Waals surface area (Å²) in [6, 6.07) is 0.619. The molecular weight excluding hydrogens is 295 g/mol. The van der Waals surface area contributed by atoms with Crippen LogP contribution in [0.5, 0.6) is 0 Å². The Morgan fingerprint density at radius 3 is 2.20 bits per heavy atom. The summed E-state index contributed by atoms with van der Waals surface area (Å²) in [6.07, 6.45) is 7.54. The molecule has 1 N–H and O–H groups in total. The van der Waals surface area contributed by atoms with Crippen molar-refractivity contribution < 1.29 is 0 Å². The van der Waals surface area contributed by atoms with E-state index in [4.69, 9.17) is 12.2 Å². The summed E-state index contributed by atoms with van der Waals surface area (Å²) in [4.78, 5) is 2.42. The summed E-state index contributed by atoms with van der Waals surface area (Å²) in [6.45, 7) is 3.23. The number of rotatable bonds is 1. The van der Waals surface area contributed by atoms with Crippen LogP contribution in [0.2, 0.25) is 0 Å². The molecule has 4 aliphatic carbocycles. The topological polar surface area (TPSA) is 15.3 Å². The predicted octanol–water partition coefficient (Wildman–Crippen LogP) is 1.90. The molecular formula is C15H25N2NaS2. The third kappa shape index (κ3) is 2.74. The molecule has 0 amide bonds. The van der Waals surface area contributed by atoms with Gasteiger partial charge in [-0.3, -0.25) is 0 Å². The molecule has 0 aromatic rings. The minimum atomic E-state index is 0. The van der Waals surface area contributed by atoms with Gasteiger partial charge in [0.2, 0.25) is 0 Å². The van der Waals surface area contributed by atoms with E-state index in [9.17, 15) is 0 Å². The molecule has 1 unspecified atom stereocenters. The van der Waals surface area contributed by atoms with Crippen molar-refractivity contribution in [3.05, 3.63) is 0 Å². The maximum absolute atomic E-state index is 5.39. The third-order valence-electron chi connectivity index (χ3n) is 6.27. The zero-order valence-corrected chi connectivity index (χ0v) is 13.1. The maximum atomic E-state index is 5.39. The summed E-state index contributed by atoms with van der Waals surface area (Å²) in [7, 11) is 0. The van der Waals surface area contributed by atoms with E-state index in [1.165, 1.54) is 32.1 Å². The van der Waals surface area contributed by atoms with Gasteiger partial charge in [0.1, 0.15) is 4.32 Å². The first-order valence-electron chi connectivity index (χ1n) is 7.92. The van der Waals surface area contributed by atoms with E-state index < -0.39 is 0 Å². The quantitative estimate of drug-likeness (QED) is 0.436. The number of hydrogen-bond acceptors (Lipinski definition) is 2. The molecule has 4 saturated carbocycles. The Morgan fingerprint density at radius 1 is 1.05 bits per heavy atom. The first-order chi connectivity index (χ1) is 9.22. The van der Waals surface area contributed by atoms with Crippen LogP contribution >= 0.6 is 24.8 Å². The van der Waals surface area contributed by atoms with Crippen molar-refractivity contribution in [3.8, 4) is 0 Å². The van der Waals surface area contributed by atoms with Crippen LogP contribution < -0.4 is 5.32 Å². The van der Waals surface area contributed by atoms with Crippen LogP contribution in [0.15, 0.2) is 0 Å². The fraction of sp³-hybridized carbons (Fsp3) is 0.933. The Balaban J connectivity index is 0.00000121. The summed E-state index contributed by atoms with van der Waals surface area (Å²) < 4.78 is 0.820. The van der Waals surface area contributed by atoms with Crippen LogP contribution in [0, 0.1) is 29.6 Å². The minimum absolute atomic E-state index is 0. The molecule has 5 heteroatoms. The average Bonchev–Trinajstić information content (AvgIpc) is 2.37. The molecule has 1 aliphatic heterocycles. The normalized spacial score (nSPS) is 46.1. The van der Waals surface area contributed by atoms with Gasteiger partial charge in [-0.05, 0) is 61.7 Å². The molecule has 0 aromatic carbocycles. The van der Waals surface area contributed by atoms with Gasteiger partial charge in [0.25, 0.3) is 0 Å². The SMILES string of the molecule is S=C(S)N1CCNCC1C1C2CC3CC(C2)CC1C3.[NaH]. The van der Waals surface area contributed by atoms with Gasteiger partial charge in [-0.1, -0.05) is 12.2 Å². The predicted molar refractivity (Wildman–Crippen MR) is 92.6 cm³/mol. The molecule has 5 fully saturated rings. The van der Waals surface area contributed by atoms with E-state index in [1.54, 1.807) is 0 Å². The van der Waals surface area contributed by atoms with Crippen molar-refractivity contribution in [1.29, 1.82) is 0 Å². The molecule has 20 heavy (non-hydrogen) atoms. The second-order valence-corrected chi connectivity index (χ2v) is 8.37. The van der Waals surface area contributed by atoms with E-state index in [1.807, 2.05) is 0 Å². The fourth-order valence-corrected chi connectivity index (χ4v) is 6.38. The van der Waals surface area contributed by atoms with Crippen LogP contribution in [-0.2, 0) is 0 Å². The van der Waals surface area contributed by atoms with Crippen LogP contribution in [0.1, 0.15) is 32.1 Å². The molecule has 1 heterocycles. The second-order valence-electron chi connectivity index (χ2n) is 7.26. The van der Waals surface area contributed by atoms with Crippen molar-refractivity contribution >= 4 is 58.7 Å². The number of nitrogens with one attached hydrogen (secondary N) is 1. The van der Waals surface area contributed by atoms with Gasteiger partial charge < -0.3 is 10.2 Å². The third-order valence-corrected chi connectivity index (χ3v) is 6.76. The van der Waals surface area contributed by atoms with E-state index in [2.05, 4.69) is 22.8 Å². The number of nitrogens with zero attached hydrogens (tertiary/aromatic N) is 1. The van der Waals surface area contributed by atoms with Crippen LogP contribution in [-0.4, -0.2) is 64.5 Å². The van der Waals surface area contributed by atoms with E-state index in [-0.39, 0.29) is 29.6 Å². The summed E-state index contributed by atoms with van der Waals surface area (Å²) in [5, 5.41) is 3.59. The van der Waals surface area contributed by atoms with Gasteiger partial charge in [0.05, 0.1) is 0 Å². The molecule has 5 rings (SSSR count). The molecule has 108 valence electrons. The van der Waals surface area contributed by atoms with Gasteiger partial charge in [-0.2, -0.15) is 0 Å². The monoisotopic (exact) mass is 320 g/mol. The fourth-order valence-electron chi connectivity index (χ4n) is 5.90. The molecule has 0 aromatic heterocycles. The van der Waals surface area contributed by atoms with Crippen molar-refractivity contribution in [1.82, 2.24) is 10.2 Å². The first-order valence-corrected chi connectivity index (χ1v) is 8.78. The van der Waals surface area contributed by atoms with Crippen molar-refractivity contribution in [2.24, 2.45) is 29.6 Å². The molecule has 5 aliphatic rings. The summed E-state index contributed by atoms with van der Waals surface area (Å²) in [5.74, 6) is 4.96. The van der Waals surface area contributed by atoms with Gasteiger partial charge in [0.15, 0.2) is 0 Å². The second kappa shape index (κ2) is 6.37. The van der Waals surface area contributed by atoms with Crippen LogP contribution in [0.4, 0.5) is 0 Å². The van der Waals surface area contributed by atoms with Crippen molar-refractivity contribution in [3.63, 3.8) is 0 Å². The molecule has 0 spiro atoms. The number of piperazine rings is 1. The Bertz CT molecular complexity index is 362. The molecule has 1 atom stereocenters. The summed E-state index contributed by atoms with van der Waals surface area (Å²) in [5.41, 5.74) is 0. The zero-order valence-electron chi connectivity index (χ0n) is 11.4. The Labute approximate surface area is 155 Å². The Kier molecular flexibility index (Phi) is 5.12. The van der Waals surface area contributed by atoms with Crippen molar-refractivity contribution in [2.75, 3.05) is 19.6 Å². The zero-order chi connectivity index (χ0) is 13.0. The van der Waals surface area contributed by atoms with E-state index in [0.29, 0.717) is 6.04 Å².